The van der Waals surface area contributed by atoms with Crippen molar-refractivity contribution >= 4 is 5.57 Å². The van der Waals surface area contributed by atoms with Crippen LogP contribution in [0.5, 0.6) is 0 Å². The summed E-state index contributed by atoms with van der Waals surface area (Å²) in [6.07, 6.45) is 7.70. The maximum atomic E-state index is 13.1. The largest absolute Gasteiger partial charge is 0.373 e. The van der Waals surface area contributed by atoms with Crippen LogP contribution in [-0.4, -0.2) is 18.5 Å². The summed E-state index contributed by atoms with van der Waals surface area (Å²) in [5.74, 6) is -0.231. The van der Waals surface area contributed by atoms with Crippen molar-refractivity contribution in [3.05, 3.63) is 78.6 Å². The predicted molar refractivity (Wildman–Crippen MR) is 86.8 cm³/mol. The Hall–Kier alpha value is -2.29. The SMILES string of the molecule is C=CNC1=C(/C=C(/C=C)c2ccc(F)cc2)N(C)CCC1. The standard InChI is InChI=1S/C18H21FN2/c1-4-14(15-8-10-16(19)11-9-15)13-18-17(20-5-2)7-6-12-21(18)3/h4-5,8-11,13,20H,1-2,6-7,12H2,3H3/b14-13-. The van der Waals surface area contributed by atoms with Crippen LogP contribution in [0.25, 0.3) is 5.57 Å². The highest BCUT2D eigenvalue weighted by Crippen LogP contribution is 2.25. The van der Waals surface area contributed by atoms with Gasteiger partial charge in [-0.2, -0.15) is 0 Å². The lowest BCUT2D eigenvalue weighted by atomic mass is 10.0. The molecule has 0 bridgehead atoms. The predicted octanol–water partition coefficient (Wildman–Crippen LogP) is 4.07. The van der Waals surface area contributed by atoms with Gasteiger partial charge in [-0.1, -0.05) is 31.4 Å². The van der Waals surface area contributed by atoms with Crippen molar-refractivity contribution in [2.75, 3.05) is 13.6 Å². The molecule has 1 aliphatic rings. The van der Waals surface area contributed by atoms with E-state index >= 15 is 0 Å². The average Bonchev–Trinajstić information content (AvgIpc) is 2.48. The van der Waals surface area contributed by atoms with Gasteiger partial charge in [0.05, 0.1) is 5.70 Å². The number of allylic oxidation sites excluding steroid dienone is 4. The molecule has 110 valence electrons. The molecule has 0 radical (unpaired) electrons. The number of likely N-dealkylation sites (N-methyl/N-ethyl adjacent to an activating group) is 1. The quantitative estimate of drug-likeness (QED) is 0.820. The molecule has 3 heteroatoms. The minimum Gasteiger partial charge on any atom is -0.373 e. The lowest BCUT2D eigenvalue weighted by Gasteiger charge is -2.29. The third-order valence-electron chi connectivity index (χ3n) is 3.61. The van der Waals surface area contributed by atoms with Crippen LogP contribution in [0.1, 0.15) is 18.4 Å². The number of nitrogens with one attached hydrogen (secondary N) is 1. The number of rotatable bonds is 5. The van der Waals surface area contributed by atoms with Crippen LogP contribution >= 0.6 is 0 Å². The molecule has 2 rings (SSSR count). The lowest BCUT2D eigenvalue weighted by Crippen LogP contribution is -2.27. The van der Waals surface area contributed by atoms with Gasteiger partial charge in [-0.3, -0.25) is 0 Å². The average molecular weight is 284 g/mol. The fraction of sp³-hybridized carbons (Fsp3) is 0.222. The zero-order valence-electron chi connectivity index (χ0n) is 12.4. The summed E-state index contributed by atoms with van der Waals surface area (Å²) in [4.78, 5) is 2.21. The van der Waals surface area contributed by atoms with Gasteiger partial charge in [-0.05, 0) is 48.4 Å². The van der Waals surface area contributed by atoms with Gasteiger partial charge in [-0.15, -0.1) is 0 Å². The molecule has 0 fully saturated rings. The number of halogens is 1. The van der Waals surface area contributed by atoms with Crippen molar-refractivity contribution < 1.29 is 4.39 Å². The molecule has 0 aliphatic carbocycles. The second kappa shape index (κ2) is 6.93. The Labute approximate surface area is 126 Å². The second-order valence-electron chi connectivity index (χ2n) is 5.05. The van der Waals surface area contributed by atoms with E-state index in [1.54, 1.807) is 24.4 Å². The molecule has 1 N–H and O–H groups in total. The summed E-state index contributed by atoms with van der Waals surface area (Å²) in [7, 11) is 2.07. The van der Waals surface area contributed by atoms with Crippen molar-refractivity contribution in [1.29, 1.82) is 0 Å². The van der Waals surface area contributed by atoms with Gasteiger partial charge < -0.3 is 10.2 Å². The Bertz CT molecular complexity index is 582. The third-order valence-corrected chi connectivity index (χ3v) is 3.61. The van der Waals surface area contributed by atoms with Crippen molar-refractivity contribution in [3.63, 3.8) is 0 Å². The van der Waals surface area contributed by atoms with E-state index in [-0.39, 0.29) is 5.82 Å². The second-order valence-corrected chi connectivity index (χ2v) is 5.05. The van der Waals surface area contributed by atoms with Gasteiger partial charge in [0.15, 0.2) is 0 Å². The summed E-state index contributed by atoms with van der Waals surface area (Å²) < 4.78 is 13.1. The number of nitrogens with zero attached hydrogens (tertiary/aromatic N) is 1. The Morgan fingerprint density at radius 1 is 1.29 bits per heavy atom. The van der Waals surface area contributed by atoms with E-state index in [1.165, 1.54) is 12.1 Å². The monoisotopic (exact) mass is 284 g/mol. The van der Waals surface area contributed by atoms with E-state index in [2.05, 4.69) is 36.5 Å². The topological polar surface area (TPSA) is 15.3 Å². The molecule has 1 aliphatic heterocycles. The molecular weight excluding hydrogens is 263 g/mol. The summed E-state index contributed by atoms with van der Waals surface area (Å²) in [6.45, 7) is 8.63. The fourth-order valence-corrected chi connectivity index (χ4v) is 2.49. The van der Waals surface area contributed by atoms with E-state index in [9.17, 15) is 4.39 Å². The first-order valence-corrected chi connectivity index (χ1v) is 7.07. The first-order valence-electron chi connectivity index (χ1n) is 7.07. The Kier molecular flexibility index (Phi) is 4.99. The van der Waals surface area contributed by atoms with Crippen LogP contribution in [0.15, 0.2) is 67.2 Å². The smallest absolute Gasteiger partial charge is 0.123 e. The van der Waals surface area contributed by atoms with E-state index < -0.39 is 0 Å². The minimum atomic E-state index is -0.231. The molecule has 1 heterocycles. The van der Waals surface area contributed by atoms with Gasteiger partial charge in [0.1, 0.15) is 5.82 Å². The molecule has 2 nitrogen and oxygen atoms in total. The molecule has 1 aromatic rings. The Morgan fingerprint density at radius 3 is 2.62 bits per heavy atom. The minimum absolute atomic E-state index is 0.231. The van der Waals surface area contributed by atoms with Crippen LogP contribution in [0.4, 0.5) is 4.39 Å². The molecule has 1 aromatic carbocycles. The van der Waals surface area contributed by atoms with E-state index in [0.717, 1.165) is 41.9 Å². The van der Waals surface area contributed by atoms with Gasteiger partial charge in [0.25, 0.3) is 0 Å². The molecule has 0 saturated carbocycles. The van der Waals surface area contributed by atoms with E-state index in [1.807, 2.05) is 0 Å². The van der Waals surface area contributed by atoms with Crippen LogP contribution in [-0.2, 0) is 0 Å². The molecule has 0 spiro atoms. The van der Waals surface area contributed by atoms with Crippen molar-refractivity contribution in [2.45, 2.75) is 12.8 Å². The maximum Gasteiger partial charge on any atom is 0.123 e. The lowest BCUT2D eigenvalue weighted by molar-refractivity contribution is 0.385. The zero-order valence-corrected chi connectivity index (χ0v) is 12.4. The van der Waals surface area contributed by atoms with E-state index in [4.69, 9.17) is 0 Å². The fourth-order valence-electron chi connectivity index (χ4n) is 2.49. The zero-order chi connectivity index (χ0) is 15.2. The molecule has 0 atom stereocenters. The van der Waals surface area contributed by atoms with Crippen molar-refractivity contribution in [2.24, 2.45) is 0 Å². The third kappa shape index (κ3) is 3.63. The summed E-state index contributed by atoms with van der Waals surface area (Å²) in [5, 5.41) is 3.22. The van der Waals surface area contributed by atoms with Crippen molar-refractivity contribution in [1.82, 2.24) is 10.2 Å². The highest BCUT2D eigenvalue weighted by molar-refractivity contribution is 5.75. The summed E-state index contributed by atoms with van der Waals surface area (Å²) in [5.41, 5.74) is 4.21. The highest BCUT2D eigenvalue weighted by atomic mass is 19.1. The molecule has 0 aromatic heterocycles. The van der Waals surface area contributed by atoms with Gasteiger partial charge in [0.2, 0.25) is 0 Å². The molecular formula is C18H21FN2. The van der Waals surface area contributed by atoms with Crippen LogP contribution in [0.2, 0.25) is 0 Å². The van der Waals surface area contributed by atoms with Gasteiger partial charge in [0, 0.05) is 19.3 Å². The summed E-state index contributed by atoms with van der Waals surface area (Å²) >= 11 is 0. The van der Waals surface area contributed by atoms with Gasteiger partial charge in [-0.25, -0.2) is 4.39 Å². The highest BCUT2D eigenvalue weighted by Gasteiger charge is 2.15. The maximum absolute atomic E-state index is 13.1. The number of hydrogen-bond acceptors (Lipinski definition) is 2. The first kappa shape index (κ1) is 15.1. The number of hydrogen-bond donors (Lipinski definition) is 1. The van der Waals surface area contributed by atoms with Crippen molar-refractivity contribution in [3.8, 4) is 0 Å². The summed E-state index contributed by atoms with van der Waals surface area (Å²) in [6, 6.07) is 6.47. The van der Waals surface area contributed by atoms with E-state index in [0.29, 0.717) is 0 Å². The Morgan fingerprint density at radius 2 is 2.00 bits per heavy atom. The first-order chi connectivity index (χ1) is 10.2. The van der Waals surface area contributed by atoms with Crippen LogP contribution in [0, 0.1) is 5.82 Å². The Balaban J connectivity index is 2.42. The molecule has 0 saturated heterocycles. The number of benzene rings is 1. The normalized spacial score (nSPS) is 15.9. The molecule has 0 unspecified atom stereocenters. The van der Waals surface area contributed by atoms with Crippen LogP contribution < -0.4 is 5.32 Å². The van der Waals surface area contributed by atoms with Crippen LogP contribution in [0.3, 0.4) is 0 Å². The molecule has 0 amide bonds. The molecule has 21 heavy (non-hydrogen) atoms. The van der Waals surface area contributed by atoms with Gasteiger partial charge >= 0.3 is 0 Å².